The Labute approximate surface area is 89.5 Å². The minimum Gasteiger partial charge on any atom is -0.342 e. The van der Waals surface area contributed by atoms with Crippen LogP contribution in [-0.2, 0) is 0 Å². The van der Waals surface area contributed by atoms with E-state index in [9.17, 15) is 22.0 Å². The lowest BCUT2D eigenvalue weighted by atomic mass is 10.2. The fourth-order valence-corrected chi connectivity index (χ4v) is 1.31. The van der Waals surface area contributed by atoms with Crippen LogP contribution in [0.3, 0.4) is 0 Å². The van der Waals surface area contributed by atoms with E-state index in [1.165, 1.54) is 0 Å². The Morgan fingerprint density at radius 3 is 2.19 bits per heavy atom. The molecule has 0 unspecified atom stereocenters. The van der Waals surface area contributed by atoms with Crippen molar-refractivity contribution >= 4 is 5.69 Å². The van der Waals surface area contributed by atoms with E-state index in [0.29, 0.717) is 12.5 Å². The molecule has 0 heterocycles. The first-order chi connectivity index (χ1) is 7.52. The highest BCUT2D eigenvalue weighted by Gasteiger charge is 2.21. The monoisotopic (exact) mass is 239 g/mol. The number of halogens is 5. The second kappa shape index (κ2) is 5.14. The number of hydrogen-bond donors (Lipinski definition) is 0. The molecule has 1 aromatic carbocycles. The Hall–Kier alpha value is -1.33. The molecule has 6 heteroatoms. The van der Waals surface area contributed by atoms with Crippen LogP contribution < -0.4 is 4.90 Å². The number of anilines is 1. The average molecular weight is 239 g/mol. The van der Waals surface area contributed by atoms with Gasteiger partial charge in [0.15, 0.2) is 30.1 Å². The Balaban J connectivity index is 3.22. The maximum atomic E-state index is 13.2. The lowest BCUT2D eigenvalue weighted by Crippen LogP contribution is -2.24. The topological polar surface area (TPSA) is 3.24 Å². The number of benzene rings is 1. The van der Waals surface area contributed by atoms with Gasteiger partial charge in [-0.25, -0.2) is 22.0 Å². The molecule has 0 saturated heterocycles. The molecule has 90 valence electrons. The number of rotatable bonds is 4. The third-order valence-electron chi connectivity index (χ3n) is 2.06. The quantitative estimate of drug-likeness (QED) is 0.337. The van der Waals surface area contributed by atoms with Gasteiger partial charge in [-0.05, 0) is 6.42 Å². The van der Waals surface area contributed by atoms with Crippen LogP contribution in [0.25, 0.3) is 0 Å². The molecule has 0 aromatic heterocycles. The maximum absolute atomic E-state index is 13.2. The van der Waals surface area contributed by atoms with E-state index in [0.717, 1.165) is 4.90 Å². The van der Waals surface area contributed by atoms with Gasteiger partial charge in [0.05, 0.1) is 5.69 Å². The van der Waals surface area contributed by atoms with E-state index in [4.69, 9.17) is 0 Å². The molecular formula is C10H10F5N. The molecule has 16 heavy (non-hydrogen) atoms. The molecule has 1 rings (SSSR count). The largest absolute Gasteiger partial charge is 0.342 e. The normalized spacial score (nSPS) is 10.6. The summed E-state index contributed by atoms with van der Waals surface area (Å²) >= 11 is 0. The highest BCUT2D eigenvalue weighted by atomic mass is 19.2. The summed E-state index contributed by atoms with van der Waals surface area (Å²) in [6.07, 6.45) is 0.462. The Morgan fingerprint density at radius 1 is 1.06 bits per heavy atom. The van der Waals surface area contributed by atoms with Crippen LogP contribution in [0.4, 0.5) is 27.6 Å². The zero-order chi connectivity index (χ0) is 12.3. The van der Waals surface area contributed by atoms with Crippen LogP contribution in [0.15, 0.2) is 6.07 Å². The second-order valence-corrected chi connectivity index (χ2v) is 3.20. The molecule has 0 aliphatic carbocycles. The standard InChI is InChI=1S/C10H10F5N/c1-2-3-16(5-11)7-4-6(12)8(13)10(15)9(7)14/h4H,2-3,5H2,1H3. The Kier molecular flexibility index (Phi) is 4.09. The van der Waals surface area contributed by atoms with Crippen molar-refractivity contribution in [1.82, 2.24) is 0 Å². The average Bonchev–Trinajstić information content (AvgIpc) is 2.28. The highest BCUT2D eigenvalue weighted by molar-refractivity contribution is 5.48. The van der Waals surface area contributed by atoms with Crippen LogP contribution in [0.2, 0.25) is 0 Å². The van der Waals surface area contributed by atoms with Gasteiger partial charge in [-0.2, -0.15) is 0 Å². The van der Waals surface area contributed by atoms with Gasteiger partial charge in [-0.15, -0.1) is 0 Å². The summed E-state index contributed by atoms with van der Waals surface area (Å²) in [6.45, 7) is 0.671. The van der Waals surface area contributed by atoms with E-state index in [2.05, 4.69) is 0 Å². The van der Waals surface area contributed by atoms with Crippen LogP contribution in [0.1, 0.15) is 13.3 Å². The van der Waals surface area contributed by atoms with Gasteiger partial charge in [0.2, 0.25) is 0 Å². The third kappa shape index (κ3) is 2.25. The minimum atomic E-state index is -1.93. The maximum Gasteiger partial charge on any atom is 0.199 e. The van der Waals surface area contributed by atoms with Gasteiger partial charge in [-0.1, -0.05) is 6.92 Å². The molecule has 0 aliphatic heterocycles. The van der Waals surface area contributed by atoms with Crippen LogP contribution >= 0.6 is 0 Å². The molecule has 1 nitrogen and oxygen atoms in total. The third-order valence-corrected chi connectivity index (χ3v) is 2.06. The van der Waals surface area contributed by atoms with Crippen molar-refractivity contribution in [3.05, 3.63) is 29.3 Å². The zero-order valence-corrected chi connectivity index (χ0v) is 8.54. The van der Waals surface area contributed by atoms with Crippen molar-refractivity contribution < 1.29 is 22.0 Å². The number of nitrogens with zero attached hydrogens (tertiary/aromatic N) is 1. The number of alkyl halides is 1. The summed E-state index contributed by atoms with van der Waals surface area (Å²) in [5.41, 5.74) is -0.610. The van der Waals surface area contributed by atoms with Gasteiger partial charge in [-0.3, -0.25) is 0 Å². The molecule has 0 bridgehead atoms. The molecule has 0 saturated carbocycles. The highest BCUT2D eigenvalue weighted by Crippen LogP contribution is 2.26. The van der Waals surface area contributed by atoms with Gasteiger partial charge < -0.3 is 4.90 Å². The summed E-state index contributed by atoms with van der Waals surface area (Å²) in [5.74, 6) is -6.94. The van der Waals surface area contributed by atoms with Gasteiger partial charge in [0.25, 0.3) is 0 Å². The predicted octanol–water partition coefficient (Wildman–Crippen LogP) is 3.39. The fourth-order valence-electron chi connectivity index (χ4n) is 1.31. The van der Waals surface area contributed by atoms with Crippen LogP contribution in [-0.4, -0.2) is 13.3 Å². The first-order valence-corrected chi connectivity index (χ1v) is 4.66. The summed E-state index contributed by atoms with van der Waals surface area (Å²) in [5, 5.41) is 0. The van der Waals surface area contributed by atoms with E-state index in [1.54, 1.807) is 6.92 Å². The van der Waals surface area contributed by atoms with Crippen LogP contribution in [0, 0.1) is 23.3 Å². The minimum absolute atomic E-state index is 0.0813. The smallest absolute Gasteiger partial charge is 0.199 e. The summed E-state index contributed by atoms with van der Waals surface area (Å²) in [6, 6.07) is 0.447. The molecular weight excluding hydrogens is 229 g/mol. The second-order valence-electron chi connectivity index (χ2n) is 3.20. The molecule has 0 amide bonds. The molecule has 0 N–H and O–H groups in total. The van der Waals surface area contributed by atoms with Gasteiger partial charge in [0.1, 0.15) is 0 Å². The van der Waals surface area contributed by atoms with E-state index >= 15 is 0 Å². The van der Waals surface area contributed by atoms with E-state index in [1.807, 2.05) is 0 Å². The van der Waals surface area contributed by atoms with Crippen molar-refractivity contribution in [2.75, 3.05) is 18.2 Å². The lowest BCUT2D eigenvalue weighted by molar-refractivity contribution is 0.402. The first kappa shape index (κ1) is 12.7. The Morgan fingerprint density at radius 2 is 1.69 bits per heavy atom. The molecule has 0 fully saturated rings. The van der Waals surface area contributed by atoms with Crippen molar-refractivity contribution in [1.29, 1.82) is 0 Å². The number of hydrogen-bond acceptors (Lipinski definition) is 1. The first-order valence-electron chi connectivity index (χ1n) is 4.66. The molecule has 1 aromatic rings. The molecule has 0 spiro atoms. The fraction of sp³-hybridized carbons (Fsp3) is 0.400. The molecule has 0 radical (unpaired) electrons. The van der Waals surface area contributed by atoms with Crippen LogP contribution in [0.5, 0.6) is 0 Å². The lowest BCUT2D eigenvalue weighted by Gasteiger charge is -2.21. The van der Waals surface area contributed by atoms with Crippen molar-refractivity contribution in [2.24, 2.45) is 0 Å². The van der Waals surface area contributed by atoms with Gasteiger partial charge in [0, 0.05) is 12.6 Å². The van der Waals surface area contributed by atoms with E-state index < -0.39 is 35.8 Å². The summed E-state index contributed by atoms with van der Waals surface area (Å²) in [4.78, 5) is 0.793. The zero-order valence-electron chi connectivity index (χ0n) is 8.54. The van der Waals surface area contributed by atoms with E-state index in [-0.39, 0.29) is 6.54 Å². The van der Waals surface area contributed by atoms with Crippen molar-refractivity contribution in [3.63, 3.8) is 0 Å². The van der Waals surface area contributed by atoms with Crippen molar-refractivity contribution in [2.45, 2.75) is 13.3 Å². The Bertz CT molecular complexity index is 380. The van der Waals surface area contributed by atoms with Crippen molar-refractivity contribution in [3.8, 4) is 0 Å². The summed E-state index contributed by atoms with van der Waals surface area (Å²) in [7, 11) is 0. The molecule has 0 aliphatic rings. The summed E-state index contributed by atoms with van der Waals surface area (Å²) < 4.78 is 64.0. The SMILES string of the molecule is CCCN(CF)c1cc(F)c(F)c(F)c1F. The molecule has 0 atom stereocenters. The predicted molar refractivity (Wildman–Crippen MR) is 49.9 cm³/mol. The van der Waals surface area contributed by atoms with Gasteiger partial charge >= 0.3 is 0 Å².